The van der Waals surface area contributed by atoms with E-state index in [1.54, 1.807) is 0 Å². The van der Waals surface area contributed by atoms with Crippen molar-refractivity contribution in [1.29, 1.82) is 0 Å². The van der Waals surface area contributed by atoms with E-state index in [4.69, 9.17) is 0 Å². The first kappa shape index (κ1) is 18.1. The first-order chi connectivity index (χ1) is 12.1. The van der Waals surface area contributed by atoms with Crippen molar-refractivity contribution in [3.63, 3.8) is 0 Å². The number of hydrogen-bond donors (Lipinski definition) is 1. The van der Waals surface area contributed by atoms with Gasteiger partial charge in [-0.1, -0.05) is 24.6 Å². The Labute approximate surface area is 154 Å². The van der Waals surface area contributed by atoms with E-state index < -0.39 is 0 Å². The number of rotatable bonds is 7. The summed E-state index contributed by atoms with van der Waals surface area (Å²) in [6, 6.07) is 5.84. The quantitative estimate of drug-likeness (QED) is 0.587. The average Bonchev–Trinajstić information content (AvgIpc) is 3.25. The van der Waals surface area contributed by atoms with Gasteiger partial charge in [0.25, 0.3) is 0 Å². The van der Waals surface area contributed by atoms with Gasteiger partial charge in [-0.2, -0.15) is 0 Å². The fraction of sp³-hybridized carbons (Fsp3) is 0.389. The average molecular weight is 378 g/mol. The number of amides is 1. The molecule has 2 aromatic rings. The zero-order valence-corrected chi connectivity index (χ0v) is 15.3. The van der Waals surface area contributed by atoms with E-state index in [0.29, 0.717) is 11.6 Å². The molecule has 0 radical (unpaired) electrons. The van der Waals surface area contributed by atoms with Crippen LogP contribution in [0.4, 0.5) is 4.39 Å². The predicted octanol–water partition coefficient (Wildman–Crippen LogP) is 3.86. The van der Waals surface area contributed by atoms with Crippen LogP contribution in [-0.2, 0) is 11.2 Å². The van der Waals surface area contributed by atoms with Crippen LogP contribution in [0.3, 0.4) is 0 Å². The van der Waals surface area contributed by atoms with Gasteiger partial charge in [-0.05, 0) is 37.1 Å². The van der Waals surface area contributed by atoms with Crippen LogP contribution in [0.2, 0.25) is 0 Å². The number of carbonyl (C=O) groups excluding carboxylic acids is 2. The monoisotopic (exact) mass is 378 g/mol. The van der Waals surface area contributed by atoms with Crippen molar-refractivity contribution in [3.05, 3.63) is 46.7 Å². The summed E-state index contributed by atoms with van der Waals surface area (Å²) in [7, 11) is 0. The van der Waals surface area contributed by atoms with Gasteiger partial charge in [-0.25, -0.2) is 9.37 Å². The topological polar surface area (TPSA) is 59.1 Å². The third-order valence-corrected chi connectivity index (χ3v) is 6.16. The van der Waals surface area contributed by atoms with Crippen molar-refractivity contribution in [2.24, 2.45) is 0 Å². The molecule has 1 amide bonds. The number of nitrogens with one attached hydrogen (secondary N) is 1. The zero-order valence-electron chi connectivity index (χ0n) is 13.7. The molecule has 1 N–H and O–H groups in total. The van der Waals surface area contributed by atoms with E-state index in [0.717, 1.165) is 22.9 Å². The second-order valence-corrected chi connectivity index (χ2v) is 8.13. The zero-order chi connectivity index (χ0) is 17.6. The van der Waals surface area contributed by atoms with E-state index in [9.17, 15) is 14.0 Å². The van der Waals surface area contributed by atoms with Crippen LogP contribution in [0.5, 0.6) is 0 Å². The molecule has 4 nitrogen and oxygen atoms in total. The molecule has 1 fully saturated rings. The van der Waals surface area contributed by atoms with Gasteiger partial charge in [0, 0.05) is 17.0 Å². The van der Waals surface area contributed by atoms with E-state index >= 15 is 0 Å². The highest BCUT2D eigenvalue weighted by Gasteiger charge is 2.18. The minimum atomic E-state index is -0.357. The second-order valence-electron chi connectivity index (χ2n) is 6.05. The molecule has 0 atom stereocenters. The Morgan fingerprint density at radius 3 is 2.68 bits per heavy atom. The van der Waals surface area contributed by atoms with Crippen LogP contribution < -0.4 is 5.32 Å². The first-order valence-electron chi connectivity index (χ1n) is 8.25. The third kappa shape index (κ3) is 5.37. The number of hydrogen-bond acceptors (Lipinski definition) is 5. The fourth-order valence-corrected chi connectivity index (χ4v) is 4.53. The minimum Gasteiger partial charge on any atom is -0.353 e. The van der Waals surface area contributed by atoms with E-state index in [1.165, 1.54) is 60.2 Å². The summed E-state index contributed by atoms with van der Waals surface area (Å²) >= 11 is 2.77. The van der Waals surface area contributed by atoms with Crippen molar-refractivity contribution < 1.29 is 14.0 Å². The van der Waals surface area contributed by atoms with Crippen LogP contribution in [0.1, 0.15) is 41.7 Å². The molecule has 7 heteroatoms. The van der Waals surface area contributed by atoms with Crippen molar-refractivity contribution in [3.8, 4) is 0 Å². The molecule has 0 aliphatic heterocycles. The Morgan fingerprint density at radius 1 is 1.24 bits per heavy atom. The van der Waals surface area contributed by atoms with Crippen LogP contribution >= 0.6 is 23.1 Å². The normalized spacial score (nSPS) is 14.6. The highest BCUT2D eigenvalue weighted by Crippen LogP contribution is 2.24. The van der Waals surface area contributed by atoms with E-state index in [-0.39, 0.29) is 29.7 Å². The largest absolute Gasteiger partial charge is 0.353 e. The Hall–Kier alpha value is -1.73. The van der Waals surface area contributed by atoms with E-state index in [1.807, 2.05) is 5.38 Å². The highest BCUT2D eigenvalue weighted by molar-refractivity contribution is 8.01. The lowest BCUT2D eigenvalue weighted by Gasteiger charge is -2.10. The lowest BCUT2D eigenvalue weighted by molar-refractivity contribution is -0.121. The molecule has 1 aliphatic carbocycles. The minimum absolute atomic E-state index is 0.0103. The molecule has 1 saturated carbocycles. The molecule has 0 unspecified atom stereocenters. The summed E-state index contributed by atoms with van der Waals surface area (Å²) in [6.07, 6.45) is 4.78. The molecule has 3 rings (SSSR count). The highest BCUT2D eigenvalue weighted by atomic mass is 32.2. The standard InChI is InChI=1S/C18H19FN2O2S2/c19-13-7-5-12(6-8-13)16(22)11-25-18-21-15(10-24-18)9-17(23)20-14-3-1-2-4-14/h5-8,10,14H,1-4,9,11H2,(H,20,23). The Balaban J connectivity index is 1.47. The summed E-state index contributed by atoms with van der Waals surface area (Å²) in [5.74, 6) is -0.172. The number of carbonyl (C=O) groups is 2. The summed E-state index contributed by atoms with van der Waals surface area (Å²) < 4.78 is 13.6. The number of halogens is 1. The molecular formula is C18H19FN2O2S2. The number of thioether (sulfide) groups is 1. The summed E-state index contributed by atoms with van der Waals surface area (Å²) in [6.45, 7) is 0. The molecule has 25 heavy (non-hydrogen) atoms. The molecule has 1 heterocycles. The van der Waals surface area contributed by atoms with Gasteiger partial charge < -0.3 is 5.32 Å². The molecular weight excluding hydrogens is 359 g/mol. The van der Waals surface area contributed by atoms with Crippen LogP contribution in [-0.4, -0.2) is 28.5 Å². The summed E-state index contributed by atoms with van der Waals surface area (Å²) in [4.78, 5) is 28.5. The maximum absolute atomic E-state index is 12.9. The van der Waals surface area contributed by atoms with Gasteiger partial charge in [0.2, 0.25) is 5.91 Å². The SMILES string of the molecule is O=C(Cc1csc(SCC(=O)c2ccc(F)cc2)n1)NC1CCCC1. The van der Waals surface area contributed by atoms with Crippen LogP contribution in [0, 0.1) is 5.82 Å². The predicted molar refractivity (Wildman–Crippen MR) is 97.7 cm³/mol. The summed E-state index contributed by atoms with van der Waals surface area (Å²) in [5.41, 5.74) is 1.22. The number of ketones is 1. The van der Waals surface area contributed by atoms with Crippen molar-refractivity contribution in [1.82, 2.24) is 10.3 Å². The van der Waals surface area contributed by atoms with Gasteiger partial charge in [0.15, 0.2) is 10.1 Å². The molecule has 0 saturated heterocycles. The van der Waals surface area contributed by atoms with Gasteiger partial charge in [-0.15, -0.1) is 11.3 Å². The van der Waals surface area contributed by atoms with Crippen LogP contribution in [0.15, 0.2) is 34.0 Å². The third-order valence-electron chi connectivity index (χ3n) is 4.09. The molecule has 0 spiro atoms. The van der Waals surface area contributed by atoms with E-state index in [2.05, 4.69) is 10.3 Å². The molecule has 1 aliphatic rings. The lowest BCUT2D eigenvalue weighted by Crippen LogP contribution is -2.33. The summed E-state index contributed by atoms with van der Waals surface area (Å²) in [5, 5.41) is 4.91. The number of aromatic nitrogens is 1. The molecule has 1 aromatic carbocycles. The van der Waals surface area contributed by atoms with Gasteiger partial charge >= 0.3 is 0 Å². The number of thiazole rings is 1. The Morgan fingerprint density at radius 2 is 1.96 bits per heavy atom. The maximum atomic E-state index is 12.9. The van der Waals surface area contributed by atoms with Gasteiger partial charge in [-0.3, -0.25) is 9.59 Å². The first-order valence-corrected chi connectivity index (χ1v) is 10.1. The molecule has 0 bridgehead atoms. The fourth-order valence-electron chi connectivity index (χ4n) is 2.80. The smallest absolute Gasteiger partial charge is 0.226 e. The number of Topliss-reactive ketones (excluding diaryl/α,β-unsaturated/α-hetero) is 1. The lowest BCUT2D eigenvalue weighted by atomic mass is 10.1. The van der Waals surface area contributed by atoms with Crippen molar-refractivity contribution in [2.75, 3.05) is 5.75 Å². The molecule has 132 valence electrons. The van der Waals surface area contributed by atoms with Crippen molar-refractivity contribution in [2.45, 2.75) is 42.5 Å². The van der Waals surface area contributed by atoms with Crippen LogP contribution in [0.25, 0.3) is 0 Å². The Kier molecular flexibility index (Phi) is 6.20. The number of nitrogens with zero attached hydrogens (tertiary/aromatic N) is 1. The number of benzene rings is 1. The maximum Gasteiger partial charge on any atom is 0.226 e. The van der Waals surface area contributed by atoms with Crippen molar-refractivity contribution >= 4 is 34.8 Å². The van der Waals surface area contributed by atoms with Gasteiger partial charge in [0.1, 0.15) is 5.82 Å². The Bertz CT molecular complexity index is 740. The van der Waals surface area contributed by atoms with Gasteiger partial charge in [0.05, 0.1) is 17.9 Å². The molecule has 1 aromatic heterocycles. The second kappa shape index (κ2) is 8.58.